The van der Waals surface area contributed by atoms with Gasteiger partial charge in [-0.25, -0.2) is 0 Å². The van der Waals surface area contributed by atoms with Crippen molar-refractivity contribution in [2.75, 3.05) is 13.7 Å². The first-order valence-electron chi connectivity index (χ1n) is 1.35. The Labute approximate surface area is 30.3 Å². The predicted molar refractivity (Wildman–Crippen MR) is 19.7 cm³/mol. The Kier molecular flexibility index (Phi) is 3.25. The molecule has 0 saturated heterocycles. The number of nitrogens with one attached hydrogen (secondary N) is 1. The number of nitrogens with zero attached hydrogens (tertiary/aromatic N) is 1. The molecule has 0 aliphatic rings. The standard InChI is InChI=1S/C2H6N2O/c1-3-2-4-5/h3H,2H2,1H3. The molecule has 0 atom stereocenters. The number of hydrogen-bond acceptors (Lipinski definition) is 3. The third kappa shape index (κ3) is 3.56. The Morgan fingerprint density at radius 2 is 2.60 bits per heavy atom. The normalized spacial score (nSPS) is 7.40. The van der Waals surface area contributed by atoms with Crippen molar-refractivity contribution in [2.45, 2.75) is 0 Å². The second-order valence-electron chi connectivity index (χ2n) is 0.641. The molecule has 0 aromatic rings. The molecule has 0 rings (SSSR count). The van der Waals surface area contributed by atoms with Gasteiger partial charge in [0.2, 0.25) is 0 Å². The monoisotopic (exact) mass is 74.0 g/mol. The summed E-state index contributed by atoms with van der Waals surface area (Å²) >= 11 is 0. The molecule has 0 amide bonds. The lowest BCUT2D eigenvalue weighted by Crippen LogP contribution is -2.02. The fourth-order valence-electron chi connectivity index (χ4n) is 0.0645. The van der Waals surface area contributed by atoms with Crippen molar-refractivity contribution in [1.29, 1.82) is 0 Å². The third-order valence-corrected chi connectivity index (χ3v) is 0.223. The van der Waals surface area contributed by atoms with Crippen molar-refractivity contribution < 1.29 is 0 Å². The van der Waals surface area contributed by atoms with Gasteiger partial charge in [0.25, 0.3) is 0 Å². The van der Waals surface area contributed by atoms with Crippen LogP contribution in [0.4, 0.5) is 0 Å². The van der Waals surface area contributed by atoms with Crippen LogP contribution in [-0.4, -0.2) is 13.7 Å². The second-order valence-corrected chi connectivity index (χ2v) is 0.641. The van der Waals surface area contributed by atoms with Crippen LogP contribution in [0, 0.1) is 4.91 Å². The zero-order valence-electron chi connectivity index (χ0n) is 3.06. The van der Waals surface area contributed by atoms with E-state index in [1.54, 1.807) is 7.05 Å². The molecule has 0 aromatic carbocycles. The van der Waals surface area contributed by atoms with Gasteiger partial charge in [0.1, 0.15) is 6.67 Å². The average molecular weight is 74.1 g/mol. The Morgan fingerprint density at radius 3 is 2.60 bits per heavy atom. The van der Waals surface area contributed by atoms with Crippen LogP contribution in [-0.2, 0) is 0 Å². The Morgan fingerprint density at radius 1 is 2.00 bits per heavy atom. The maximum absolute atomic E-state index is 9.09. The predicted octanol–water partition coefficient (Wildman–Crippen LogP) is -0.0703. The maximum atomic E-state index is 9.09. The molecule has 0 heterocycles. The lowest BCUT2D eigenvalue weighted by atomic mass is 11.1. The van der Waals surface area contributed by atoms with Crippen LogP contribution in [0.5, 0.6) is 0 Å². The zero-order chi connectivity index (χ0) is 4.12. The first-order chi connectivity index (χ1) is 2.41. The summed E-state index contributed by atoms with van der Waals surface area (Å²) in [5.41, 5.74) is 0. The Hall–Kier alpha value is -0.440. The average Bonchev–Trinajstić information content (AvgIpc) is 1.41. The fourth-order valence-corrected chi connectivity index (χ4v) is 0.0645. The summed E-state index contributed by atoms with van der Waals surface area (Å²) in [5.74, 6) is 0. The van der Waals surface area contributed by atoms with Gasteiger partial charge in [0, 0.05) is 0 Å². The molecule has 30 valence electrons. The molecule has 5 heavy (non-hydrogen) atoms. The number of rotatable bonds is 2. The van der Waals surface area contributed by atoms with Crippen molar-refractivity contribution >= 4 is 0 Å². The van der Waals surface area contributed by atoms with Crippen molar-refractivity contribution in [3.63, 3.8) is 0 Å². The van der Waals surface area contributed by atoms with Gasteiger partial charge in [0.15, 0.2) is 0 Å². The van der Waals surface area contributed by atoms with E-state index < -0.39 is 0 Å². The fraction of sp³-hybridized carbons (Fsp3) is 1.00. The largest absolute Gasteiger partial charge is 0.298 e. The molecule has 3 nitrogen and oxygen atoms in total. The highest BCUT2D eigenvalue weighted by Crippen LogP contribution is 1.48. The summed E-state index contributed by atoms with van der Waals surface area (Å²) in [6.07, 6.45) is 0. The molecule has 1 N–H and O–H groups in total. The van der Waals surface area contributed by atoms with Gasteiger partial charge in [-0.15, -0.1) is 4.91 Å². The van der Waals surface area contributed by atoms with Crippen molar-refractivity contribution in [1.82, 2.24) is 5.32 Å². The zero-order valence-corrected chi connectivity index (χ0v) is 3.06. The second kappa shape index (κ2) is 3.56. The molecule has 0 radical (unpaired) electrons. The SMILES string of the molecule is CNCN=O. The molecule has 3 heteroatoms. The van der Waals surface area contributed by atoms with Crippen LogP contribution >= 0.6 is 0 Å². The summed E-state index contributed by atoms with van der Waals surface area (Å²) in [6.45, 7) is 0.208. The molecule has 0 bridgehead atoms. The van der Waals surface area contributed by atoms with Crippen molar-refractivity contribution in [3.8, 4) is 0 Å². The van der Waals surface area contributed by atoms with Crippen LogP contribution in [0.3, 0.4) is 0 Å². The molecule has 0 fully saturated rings. The van der Waals surface area contributed by atoms with E-state index in [-0.39, 0.29) is 6.67 Å². The van der Waals surface area contributed by atoms with Crippen LogP contribution in [0.1, 0.15) is 0 Å². The molecular weight excluding hydrogens is 68.0 g/mol. The van der Waals surface area contributed by atoms with E-state index in [9.17, 15) is 0 Å². The molecule has 0 spiro atoms. The number of nitroso groups, excluding NO2 is 1. The summed E-state index contributed by atoms with van der Waals surface area (Å²) < 4.78 is 0. The van der Waals surface area contributed by atoms with Crippen molar-refractivity contribution in [3.05, 3.63) is 4.91 Å². The minimum absolute atomic E-state index is 0.208. The summed E-state index contributed by atoms with van der Waals surface area (Å²) in [6, 6.07) is 0. The lowest BCUT2D eigenvalue weighted by Gasteiger charge is -1.74. The van der Waals surface area contributed by atoms with Crippen molar-refractivity contribution in [2.24, 2.45) is 5.18 Å². The van der Waals surface area contributed by atoms with Crippen LogP contribution < -0.4 is 5.32 Å². The minimum atomic E-state index is 0.208. The number of hydrogen-bond donors (Lipinski definition) is 1. The van der Waals surface area contributed by atoms with E-state index >= 15 is 0 Å². The first kappa shape index (κ1) is 4.56. The van der Waals surface area contributed by atoms with E-state index in [4.69, 9.17) is 4.91 Å². The molecule has 0 aliphatic heterocycles. The van der Waals surface area contributed by atoms with E-state index in [1.807, 2.05) is 0 Å². The van der Waals surface area contributed by atoms with Crippen LogP contribution in [0.25, 0.3) is 0 Å². The van der Waals surface area contributed by atoms with Crippen LogP contribution in [0.2, 0.25) is 0 Å². The van der Waals surface area contributed by atoms with Gasteiger partial charge in [-0.1, -0.05) is 5.18 Å². The van der Waals surface area contributed by atoms with E-state index in [0.29, 0.717) is 0 Å². The van der Waals surface area contributed by atoms with Gasteiger partial charge < -0.3 is 0 Å². The maximum Gasteiger partial charge on any atom is 0.131 e. The highest BCUT2D eigenvalue weighted by Gasteiger charge is 1.62. The minimum Gasteiger partial charge on any atom is -0.298 e. The third-order valence-electron chi connectivity index (χ3n) is 0.223. The van der Waals surface area contributed by atoms with Gasteiger partial charge in [-0.05, 0) is 7.05 Å². The van der Waals surface area contributed by atoms with E-state index in [1.165, 1.54) is 0 Å². The van der Waals surface area contributed by atoms with E-state index in [0.717, 1.165) is 0 Å². The van der Waals surface area contributed by atoms with Gasteiger partial charge in [-0.3, -0.25) is 5.32 Å². The van der Waals surface area contributed by atoms with Crippen LogP contribution in [0.15, 0.2) is 5.18 Å². The molecule has 0 aromatic heterocycles. The summed E-state index contributed by atoms with van der Waals surface area (Å²) in [4.78, 5) is 9.09. The topological polar surface area (TPSA) is 41.5 Å². The smallest absolute Gasteiger partial charge is 0.131 e. The quantitative estimate of drug-likeness (QED) is 0.466. The summed E-state index contributed by atoms with van der Waals surface area (Å²) in [5, 5.41) is 5.03. The summed E-state index contributed by atoms with van der Waals surface area (Å²) in [7, 11) is 1.67. The molecule has 0 unspecified atom stereocenters. The highest BCUT2D eigenvalue weighted by molar-refractivity contribution is 4.26. The highest BCUT2D eigenvalue weighted by atomic mass is 16.3. The lowest BCUT2D eigenvalue weighted by molar-refractivity contribution is 0.829. The Balaban J connectivity index is 2.40. The molecule has 0 aliphatic carbocycles. The van der Waals surface area contributed by atoms with Gasteiger partial charge in [0.05, 0.1) is 0 Å². The van der Waals surface area contributed by atoms with Gasteiger partial charge in [-0.2, -0.15) is 0 Å². The molecular formula is C2H6N2O. The molecule has 0 saturated carbocycles. The first-order valence-corrected chi connectivity index (χ1v) is 1.35. The van der Waals surface area contributed by atoms with E-state index in [2.05, 4.69) is 10.5 Å². The Bertz CT molecular complexity index is 28.8. The van der Waals surface area contributed by atoms with Gasteiger partial charge >= 0.3 is 0 Å².